The molecule has 0 unspecified atom stereocenters. The summed E-state index contributed by atoms with van der Waals surface area (Å²) in [5.74, 6) is -0.151. The first-order valence-corrected chi connectivity index (χ1v) is 10.1. The van der Waals surface area contributed by atoms with Gasteiger partial charge in [-0.15, -0.1) is 0 Å². The predicted molar refractivity (Wildman–Crippen MR) is 113 cm³/mol. The Balaban J connectivity index is 1.76. The van der Waals surface area contributed by atoms with Crippen molar-refractivity contribution in [2.75, 3.05) is 7.11 Å². The molecule has 30 heavy (non-hydrogen) atoms. The summed E-state index contributed by atoms with van der Waals surface area (Å²) in [6, 6.07) is 12.6. The number of dihydropyridines is 1. The lowest BCUT2D eigenvalue weighted by molar-refractivity contribution is -0.118. The smallest absolute Gasteiger partial charge is 0.192 e. The third-order valence-corrected chi connectivity index (χ3v) is 6.27. The van der Waals surface area contributed by atoms with Crippen LogP contribution in [-0.4, -0.2) is 23.8 Å². The van der Waals surface area contributed by atoms with Gasteiger partial charge < -0.3 is 15.2 Å². The van der Waals surface area contributed by atoms with E-state index in [-0.39, 0.29) is 22.7 Å². The number of nitrogens with one attached hydrogen (secondary N) is 1. The summed E-state index contributed by atoms with van der Waals surface area (Å²) in [4.78, 5) is 26.7. The molecule has 0 aromatic heterocycles. The van der Waals surface area contributed by atoms with E-state index in [1.807, 2.05) is 24.3 Å². The normalized spacial score (nSPS) is 21.8. The van der Waals surface area contributed by atoms with Gasteiger partial charge in [-0.25, -0.2) is 0 Å². The molecule has 0 saturated heterocycles. The molecule has 0 spiro atoms. The second-order valence-corrected chi connectivity index (χ2v) is 8.99. The van der Waals surface area contributed by atoms with Crippen molar-refractivity contribution in [1.82, 2.24) is 5.32 Å². The Bertz CT molecular complexity index is 1190. The standard InChI is InChI=1S/C25H23NO4/c1-25(2)11-16-21(18(28)12-25)20(13-8-9-17(27)19(10-13)30-3)22-23(26-16)14-6-4-5-7-15(14)24(22)29/h4-10,20,26-27H,11-12H2,1-3H3/t20-/m0/s1. The molecule has 2 aromatic carbocycles. The van der Waals surface area contributed by atoms with E-state index in [0.717, 1.165) is 28.9 Å². The number of ketones is 2. The van der Waals surface area contributed by atoms with Crippen LogP contribution in [0.15, 0.2) is 59.3 Å². The largest absolute Gasteiger partial charge is 0.504 e. The van der Waals surface area contributed by atoms with Crippen molar-refractivity contribution in [2.24, 2.45) is 5.41 Å². The van der Waals surface area contributed by atoms with Crippen molar-refractivity contribution in [2.45, 2.75) is 32.6 Å². The highest BCUT2D eigenvalue weighted by atomic mass is 16.5. The zero-order valence-corrected chi connectivity index (χ0v) is 17.2. The molecule has 2 aliphatic carbocycles. The number of Topliss-reactive ketones (excluding diaryl/α,β-unsaturated/α-hetero) is 2. The Morgan fingerprint density at radius 2 is 1.77 bits per heavy atom. The molecule has 0 saturated carbocycles. The van der Waals surface area contributed by atoms with E-state index < -0.39 is 5.92 Å². The molecular formula is C25H23NO4. The zero-order valence-electron chi connectivity index (χ0n) is 17.2. The fourth-order valence-corrected chi connectivity index (χ4v) is 5.00. The number of fused-ring (bicyclic) bond motifs is 2. The Hall–Kier alpha value is -3.34. The number of aromatic hydroxyl groups is 1. The van der Waals surface area contributed by atoms with Gasteiger partial charge in [0.1, 0.15) is 0 Å². The van der Waals surface area contributed by atoms with E-state index in [1.54, 1.807) is 18.2 Å². The van der Waals surface area contributed by atoms with E-state index in [2.05, 4.69) is 19.2 Å². The molecule has 2 aromatic rings. The second kappa shape index (κ2) is 6.33. The molecule has 0 fully saturated rings. The number of phenols is 1. The number of carbonyl (C=O) groups excluding carboxylic acids is 2. The first-order chi connectivity index (χ1) is 14.3. The topological polar surface area (TPSA) is 75.6 Å². The minimum atomic E-state index is -0.491. The fraction of sp³-hybridized carbons (Fsp3) is 0.280. The van der Waals surface area contributed by atoms with Crippen LogP contribution < -0.4 is 10.1 Å². The average molecular weight is 401 g/mol. The number of phenolic OH excluding ortho intramolecular Hbond substituents is 1. The minimum Gasteiger partial charge on any atom is -0.504 e. The lowest BCUT2D eigenvalue weighted by atomic mass is 9.68. The third kappa shape index (κ3) is 2.61. The number of rotatable bonds is 2. The van der Waals surface area contributed by atoms with Gasteiger partial charge in [-0.1, -0.05) is 44.2 Å². The average Bonchev–Trinajstić information content (AvgIpc) is 2.98. The van der Waals surface area contributed by atoms with Crippen molar-refractivity contribution in [3.63, 3.8) is 0 Å². The number of ether oxygens (including phenoxy) is 1. The maximum Gasteiger partial charge on any atom is 0.192 e. The molecule has 0 bridgehead atoms. The number of methoxy groups -OCH3 is 1. The molecule has 0 radical (unpaired) electrons. The lowest BCUT2D eigenvalue weighted by Gasteiger charge is -2.39. The van der Waals surface area contributed by atoms with Crippen molar-refractivity contribution in [3.8, 4) is 11.5 Å². The Kier molecular flexibility index (Phi) is 3.94. The van der Waals surface area contributed by atoms with Crippen molar-refractivity contribution in [1.29, 1.82) is 0 Å². The molecular weight excluding hydrogens is 378 g/mol. The summed E-state index contributed by atoms with van der Waals surface area (Å²) in [6.07, 6.45) is 1.16. The Labute approximate surface area is 175 Å². The summed E-state index contributed by atoms with van der Waals surface area (Å²) in [5, 5.41) is 13.5. The van der Waals surface area contributed by atoms with Crippen molar-refractivity contribution >= 4 is 17.3 Å². The molecule has 5 heteroatoms. The molecule has 2 N–H and O–H groups in total. The molecule has 0 amide bonds. The number of carbonyl (C=O) groups is 2. The zero-order chi connectivity index (χ0) is 21.2. The van der Waals surface area contributed by atoms with Gasteiger partial charge in [0, 0.05) is 40.3 Å². The van der Waals surface area contributed by atoms with E-state index in [0.29, 0.717) is 28.9 Å². The number of allylic oxidation sites excluding steroid dienone is 3. The van der Waals surface area contributed by atoms with Crippen LogP contribution in [0.3, 0.4) is 0 Å². The first-order valence-electron chi connectivity index (χ1n) is 10.1. The maximum absolute atomic E-state index is 13.4. The number of benzene rings is 2. The van der Waals surface area contributed by atoms with Crippen LogP contribution in [0.5, 0.6) is 11.5 Å². The Morgan fingerprint density at radius 1 is 1.03 bits per heavy atom. The van der Waals surface area contributed by atoms with Crippen molar-refractivity contribution < 1.29 is 19.4 Å². The van der Waals surface area contributed by atoms with E-state index in [9.17, 15) is 14.7 Å². The van der Waals surface area contributed by atoms with Crippen LogP contribution in [0.25, 0.3) is 5.70 Å². The highest BCUT2D eigenvalue weighted by Crippen LogP contribution is 2.51. The van der Waals surface area contributed by atoms with Gasteiger partial charge in [0.05, 0.1) is 12.8 Å². The molecule has 5 nitrogen and oxygen atoms in total. The van der Waals surface area contributed by atoms with Crippen LogP contribution in [0.1, 0.15) is 54.1 Å². The summed E-state index contributed by atoms with van der Waals surface area (Å²) >= 11 is 0. The summed E-state index contributed by atoms with van der Waals surface area (Å²) < 4.78 is 5.30. The third-order valence-electron chi connectivity index (χ3n) is 6.27. The van der Waals surface area contributed by atoms with Gasteiger partial charge >= 0.3 is 0 Å². The SMILES string of the molecule is COc1cc([C@H]2C3=C(CC(C)(C)CC3=O)NC3=C2C(=O)c2ccccc23)ccc1O. The van der Waals surface area contributed by atoms with Crippen molar-refractivity contribution in [3.05, 3.63) is 76.0 Å². The van der Waals surface area contributed by atoms with Gasteiger partial charge in [-0.3, -0.25) is 9.59 Å². The van der Waals surface area contributed by atoms with Gasteiger partial charge in [0.25, 0.3) is 0 Å². The Morgan fingerprint density at radius 3 is 2.50 bits per heavy atom. The summed E-state index contributed by atoms with van der Waals surface area (Å²) in [7, 11) is 1.49. The van der Waals surface area contributed by atoms with E-state index >= 15 is 0 Å². The van der Waals surface area contributed by atoms with Crippen LogP contribution in [0, 0.1) is 5.41 Å². The van der Waals surface area contributed by atoms with Gasteiger partial charge in [-0.2, -0.15) is 0 Å². The molecule has 1 aliphatic heterocycles. The molecule has 5 rings (SSSR count). The first kappa shape index (κ1) is 18.7. The summed E-state index contributed by atoms with van der Waals surface area (Å²) in [6.45, 7) is 4.18. The van der Waals surface area contributed by atoms with E-state index in [1.165, 1.54) is 7.11 Å². The maximum atomic E-state index is 13.4. The fourth-order valence-electron chi connectivity index (χ4n) is 5.00. The van der Waals surface area contributed by atoms with Crippen LogP contribution in [-0.2, 0) is 4.79 Å². The quantitative estimate of drug-likeness (QED) is 0.783. The summed E-state index contributed by atoms with van der Waals surface area (Å²) in [5.41, 5.74) is 5.06. The van der Waals surface area contributed by atoms with Gasteiger partial charge in [-0.05, 0) is 29.5 Å². The highest BCUT2D eigenvalue weighted by Gasteiger charge is 2.46. The van der Waals surface area contributed by atoms with Crippen LogP contribution in [0.2, 0.25) is 0 Å². The molecule has 3 aliphatic rings. The molecule has 152 valence electrons. The number of hydrogen-bond acceptors (Lipinski definition) is 5. The monoisotopic (exact) mass is 401 g/mol. The van der Waals surface area contributed by atoms with Crippen LogP contribution in [0.4, 0.5) is 0 Å². The van der Waals surface area contributed by atoms with Gasteiger partial charge in [0.15, 0.2) is 23.1 Å². The minimum absolute atomic E-state index is 0.0238. The number of hydrogen-bond donors (Lipinski definition) is 2. The lowest BCUT2D eigenvalue weighted by Crippen LogP contribution is -2.37. The highest BCUT2D eigenvalue weighted by molar-refractivity contribution is 6.23. The predicted octanol–water partition coefficient (Wildman–Crippen LogP) is 4.34. The molecule has 1 atom stereocenters. The van der Waals surface area contributed by atoms with Gasteiger partial charge in [0.2, 0.25) is 0 Å². The second-order valence-electron chi connectivity index (χ2n) is 8.99. The van der Waals surface area contributed by atoms with Crippen LogP contribution >= 0.6 is 0 Å². The van der Waals surface area contributed by atoms with E-state index in [4.69, 9.17) is 4.74 Å². The molecule has 1 heterocycles.